The van der Waals surface area contributed by atoms with Gasteiger partial charge < -0.3 is 14.5 Å². The lowest BCUT2D eigenvalue weighted by Gasteiger charge is -2.08. The van der Waals surface area contributed by atoms with Crippen molar-refractivity contribution in [2.75, 3.05) is 13.2 Å². The fraction of sp³-hybridized carbons (Fsp3) is 0.300. The van der Waals surface area contributed by atoms with E-state index in [2.05, 4.69) is 15.0 Å². The quantitative estimate of drug-likeness (QED) is 0.530. The number of carbonyl (C=O) groups is 2. The van der Waals surface area contributed by atoms with Gasteiger partial charge in [-0.1, -0.05) is 12.1 Å². The third kappa shape index (κ3) is 3.67. The Bertz CT molecular complexity index is 1020. The van der Waals surface area contributed by atoms with Gasteiger partial charge in [-0.2, -0.15) is 4.98 Å². The van der Waals surface area contributed by atoms with Gasteiger partial charge in [0.05, 0.1) is 28.8 Å². The number of nitrogens with one attached hydrogen (secondary N) is 1. The third-order valence-electron chi connectivity index (χ3n) is 4.22. The molecule has 0 aliphatic heterocycles. The molecular formula is C20H21N3O4. The highest BCUT2D eigenvalue weighted by Crippen LogP contribution is 2.23. The first kappa shape index (κ1) is 18.6. The number of ether oxygens (including phenoxy) is 2. The minimum Gasteiger partial charge on any atom is -0.469 e. The second-order valence-corrected chi connectivity index (χ2v) is 6.15. The number of ketones is 1. The summed E-state index contributed by atoms with van der Waals surface area (Å²) in [7, 11) is 0. The van der Waals surface area contributed by atoms with Crippen molar-refractivity contribution in [1.82, 2.24) is 15.0 Å². The second kappa shape index (κ2) is 7.57. The van der Waals surface area contributed by atoms with Crippen LogP contribution in [0.2, 0.25) is 0 Å². The molecule has 0 aliphatic carbocycles. The van der Waals surface area contributed by atoms with Crippen LogP contribution >= 0.6 is 0 Å². The molecule has 3 aromatic rings. The number of hydrogen-bond donors (Lipinski definition) is 1. The molecule has 7 heteroatoms. The third-order valence-corrected chi connectivity index (χ3v) is 4.22. The molecule has 1 N–H and O–H groups in total. The molecule has 0 amide bonds. The number of Topliss-reactive ketones (excluding diaryl/α,β-unsaturated/α-hetero) is 1. The van der Waals surface area contributed by atoms with Gasteiger partial charge in [0, 0.05) is 5.69 Å². The minimum absolute atomic E-state index is 0.205. The predicted octanol–water partition coefficient (Wildman–Crippen LogP) is 3.32. The highest BCUT2D eigenvalue weighted by atomic mass is 16.5. The average Bonchev–Trinajstić information content (AvgIpc) is 2.94. The Morgan fingerprint density at radius 3 is 2.59 bits per heavy atom. The molecule has 3 rings (SSSR count). The molecule has 0 saturated heterocycles. The lowest BCUT2D eigenvalue weighted by molar-refractivity contribution is 0.0525. The van der Waals surface area contributed by atoms with Gasteiger partial charge in [-0.05, 0) is 45.4 Å². The molecule has 0 bridgehead atoms. The van der Waals surface area contributed by atoms with Crippen molar-refractivity contribution in [2.45, 2.75) is 27.7 Å². The Balaban J connectivity index is 1.83. The molecule has 27 heavy (non-hydrogen) atoms. The number of para-hydroxylation sites is 1. The van der Waals surface area contributed by atoms with E-state index in [9.17, 15) is 9.59 Å². The highest BCUT2D eigenvalue weighted by Gasteiger charge is 2.23. The van der Waals surface area contributed by atoms with Gasteiger partial charge in [0.15, 0.2) is 6.61 Å². The van der Waals surface area contributed by atoms with E-state index in [1.165, 1.54) is 0 Å². The first-order valence-electron chi connectivity index (χ1n) is 8.68. The van der Waals surface area contributed by atoms with Crippen LogP contribution in [0.3, 0.4) is 0 Å². The molecule has 0 fully saturated rings. The van der Waals surface area contributed by atoms with Crippen molar-refractivity contribution in [3.8, 4) is 5.88 Å². The molecule has 2 heterocycles. The number of carbonyl (C=O) groups excluding carboxylic acids is 2. The predicted molar refractivity (Wildman–Crippen MR) is 100 cm³/mol. The Hall–Kier alpha value is -3.22. The maximum absolute atomic E-state index is 12.7. The van der Waals surface area contributed by atoms with Crippen LogP contribution in [0.5, 0.6) is 5.88 Å². The number of fused-ring (bicyclic) bond motifs is 1. The lowest BCUT2D eigenvalue weighted by Crippen LogP contribution is -2.15. The van der Waals surface area contributed by atoms with Gasteiger partial charge in [-0.3, -0.25) is 4.79 Å². The number of nitrogens with zero attached hydrogens (tertiary/aromatic N) is 2. The molecule has 0 aliphatic rings. The van der Waals surface area contributed by atoms with E-state index in [4.69, 9.17) is 9.47 Å². The highest BCUT2D eigenvalue weighted by molar-refractivity contribution is 6.02. The van der Waals surface area contributed by atoms with Gasteiger partial charge in [-0.15, -0.1) is 0 Å². The number of rotatable bonds is 6. The number of aromatic nitrogens is 3. The van der Waals surface area contributed by atoms with Crippen molar-refractivity contribution >= 4 is 22.7 Å². The summed E-state index contributed by atoms with van der Waals surface area (Å²) >= 11 is 0. The van der Waals surface area contributed by atoms with Gasteiger partial charge in [0.1, 0.15) is 5.82 Å². The minimum atomic E-state index is -0.443. The number of benzene rings is 1. The summed E-state index contributed by atoms with van der Waals surface area (Å²) in [5.41, 5.74) is 2.64. The Labute approximate surface area is 156 Å². The summed E-state index contributed by atoms with van der Waals surface area (Å²) in [5, 5.41) is 0.738. The van der Waals surface area contributed by atoms with E-state index in [-0.39, 0.29) is 19.0 Å². The normalized spacial score (nSPS) is 10.8. The molecule has 2 aromatic heterocycles. The molecule has 1 aromatic carbocycles. The molecule has 0 atom stereocenters. The zero-order valence-electron chi connectivity index (χ0n) is 15.8. The number of esters is 1. The Morgan fingerprint density at radius 2 is 1.85 bits per heavy atom. The fourth-order valence-corrected chi connectivity index (χ4v) is 3.01. The van der Waals surface area contributed by atoms with Crippen LogP contribution < -0.4 is 4.74 Å². The standard InChI is InChI=1S/C20H21N3O4/c1-5-26-20(25)17-11(2)18(21-12(17)3)16(24)10-27-19-14-8-6-7-9-15(14)22-13(4)23-19/h6-9,21H,5,10H2,1-4H3. The zero-order chi connectivity index (χ0) is 19.6. The number of H-pyrrole nitrogens is 1. The van der Waals surface area contributed by atoms with E-state index in [1.807, 2.05) is 24.3 Å². The summed E-state index contributed by atoms with van der Waals surface area (Å²) in [6.45, 7) is 7.03. The Kier molecular flexibility index (Phi) is 5.21. The molecular weight excluding hydrogens is 346 g/mol. The van der Waals surface area contributed by atoms with E-state index in [0.29, 0.717) is 34.2 Å². The lowest BCUT2D eigenvalue weighted by atomic mass is 10.1. The molecule has 140 valence electrons. The summed E-state index contributed by atoms with van der Waals surface area (Å²) in [6, 6.07) is 7.45. The van der Waals surface area contributed by atoms with E-state index >= 15 is 0 Å². The average molecular weight is 367 g/mol. The molecule has 0 unspecified atom stereocenters. The largest absolute Gasteiger partial charge is 0.469 e. The molecule has 0 saturated carbocycles. The van der Waals surface area contributed by atoms with Crippen molar-refractivity contribution in [3.63, 3.8) is 0 Å². The first-order valence-corrected chi connectivity index (χ1v) is 8.68. The monoisotopic (exact) mass is 367 g/mol. The van der Waals surface area contributed by atoms with E-state index in [0.717, 1.165) is 10.9 Å². The Morgan fingerprint density at radius 1 is 1.11 bits per heavy atom. The topological polar surface area (TPSA) is 94.2 Å². The van der Waals surface area contributed by atoms with Gasteiger partial charge in [-0.25, -0.2) is 9.78 Å². The number of hydrogen-bond acceptors (Lipinski definition) is 6. The van der Waals surface area contributed by atoms with E-state index < -0.39 is 5.97 Å². The molecule has 7 nitrogen and oxygen atoms in total. The van der Waals surface area contributed by atoms with E-state index in [1.54, 1.807) is 27.7 Å². The number of aryl methyl sites for hydroxylation is 2. The number of aromatic amines is 1. The maximum atomic E-state index is 12.7. The van der Waals surface area contributed by atoms with Crippen LogP contribution in [0.25, 0.3) is 10.9 Å². The van der Waals surface area contributed by atoms with Crippen LogP contribution in [0.1, 0.15) is 44.9 Å². The van der Waals surface area contributed by atoms with Crippen LogP contribution in [-0.4, -0.2) is 39.9 Å². The van der Waals surface area contributed by atoms with Crippen molar-refractivity contribution in [3.05, 3.63) is 52.6 Å². The fourth-order valence-electron chi connectivity index (χ4n) is 3.01. The summed E-state index contributed by atoms with van der Waals surface area (Å²) in [6.07, 6.45) is 0. The van der Waals surface area contributed by atoms with Crippen LogP contribution in [0.15, 0.2) is 24.3 Å². The summed E-state index contributed by atoms with van der Waals surface area (Å²) < 4.78 is 10.7. The zero-order valence-corrected chi connectivity index (χ0v) is 15.8. The van der Waals surface area contributed by atoms with Crippen molar-refractivity contribution in [1.29, 1.82) is 0 Å². The summed E-state index contributed by atoms with van der Waals surface area (Å²) in [4.78, 5) is 36.4. The van der Waals surface area contributed by atoms with Gasteiger partial charge in [0.25, 0.3) is 0 Å². The maximum Gasteiger partial charge on any atom is 0.340 e. The second-order valence-electron chi connectivity index (χ2n) is 6.15. The SMILES string of the molecule is CCOC(=O)c1c(C)[nH]c(C(=O)COc2nc(C)nc3ccccc23)c1C. The smallest absolute Gasteiger partial charge is 0.340 e. The van der Waals surface area contributed by atoms with Crippen molar-refractivity contribution in [2.24, 2.45) is 0 Å². The van der Waals surface area contributed by atoms with Crippen molar-refractivity contribution < 1.29 is 19.1 Å². The molecule has 0 radical (unpaired) electrons. The van der Waals surface area contributed by atoms with Gasteiger partial charge in [0.2, 0.25) is 11.7 Å². The van der Waals surface area contributed by atoms with Crippen LogP contribution in [-0.2, 0) is 4.74 Å². The first-order chi connectivity index (χ1) is 12.9. The summed E-state index contributed by atoms with van der Waals surface area (Å²) in [5.74, 6) is 0.207. The van der Waals surface area contributed by atoms with Crippen LogP contribution in [0, 0.1) is 20.8 Å². The van der Waals surface area contributed by atoms with Gasteiger partial charge >= 0.3 is 5.97 Å². The molecule has 0 spiro atoms. The van der Waals surface area contributed by atoms with Crippen LogP contribution in [0.4, 0.5) is 0 Å².